The number of carboxylic acid groups (broad SMARTS) is 4. The third-order valence-corrected chi connectivity index (χ3v) is 18.1. The topological polar surface area (TPSA) is 721 Å². The van der Waals surface area contributed by atoms with Gasteiger partial charge in [0.25, 0.3) is 0 Å². The highest BCUT2D eigenvalue weighted by Gasteiger charge is 2.41. The first kappa shape index (κ1) is 96.3. The number of aromatic nitrogens is 1. The van der Waals surface area contributed by atoms with Crippen LogP contribution in [0, 0.1) is 10.8 Å². The molecule has 1 aliphatic rings. The molecule has 2 aromatic carbocycles. The quantitative estimate of drug-likeness (QED) is 0.00848. The van der Waals surface area contributed by atoms with Gasteiger partial charge in [0.2, 0.25) is 82.7 Å². The Morgan fingerprint density at radius 1 is 0.573 bits per heavy atom. The van der Waals surface area contributed by atoms with Crippen molar-refractivity contribution >= 4 is 135 Å². The van der Waals surface area contributed by atoms with Crippen molar-refractivity contribution in [3.8, 4) is 0 Å². The molecule has 13 atom stereocenters. The molecule has 1 fully saturated rings. The largest absolute Gasteiger partial charge is 0.481 e. The van der Waals surface area contributed by atoms with Gasteiger partial charge in [-0.1, -0.05) is 82.7 Å². The van der Waals surface area contributed by atoms with Crippen molar-refractivity contribution in [2.45, 2.75) is 209 Å². The summed E-state index contributed by atoms with van der Waals surface area (Å²) < 4.78 is 6.63. The van der Waals surface area contributed by atoms with Crippen molar-refractivity contribution in [3.63, 3.8) is 0 Å². The Morgan fingerprint density at radius 3 is 1.70 bits per heavy atom. The van der Waals surface area contributed by atoms with Crippen molar-refractivity contribution in [1.29, 1.82) is 0 Å². The number of carboxylic acids is 4. The molecule has 14 amide bonds. The van der Waals surface area contributed by atoms with Crippen molar-refractivity contribution < 1.29 is 126 Å². The molecule has 1 aromatic heterocycles. The Balaban J connectivity index is 1.89. The summed E-state index contributed by atoms with van der Waals surface area (Å²) >= 11 is 0. The average molecular weight is 1650 g/mol. The lowest BCUT2D eigenvalue weighted by molar-refractivity contribution is -0.156. The molecule has 45 nitrogen and oxygen atoms in total. The molecule has 45 heteroatoms. The first-order valence-corrected chi connectivity index (χ1v) is 37.1. The minimum Gasteiger partial charge on any atom is -0.481 e. The van der Waals surface area contributed by atoms with E-state index in [1.54, 1.807) is 18.2 Å². The normalized spacial score (nSPS) is 21.0. The number of Topliss-reactive ketones (excluding diaryl/α,β-unsaturated/α-hetero) is 1. The summed E-state index contributed by atoms with van der Waals surface area (Å²) in [5, 5.41) is 81.2. The van der Waals surface area contributed by atoms with E-state index in [-0.39, 0.29) is 36.2 Å². The lowest BCUT2D eigenvalue weighted by atomic mass is 9.96. The fraction of sp³-hybridized carbons (Fsp3) is 0.528. The number of nitrogens with one attached hydrogen (secondary N) is 13. The third-order valence-electron chi connectivity index (χ3n) is 18.1. The Hall–Kier alpha value is -13.1. The van der Waals surface area contributed by atoms with Gasteiger partial charge in [0.05, 0.1) is 62.6 Å². The van der Waals surface area contributed by atoms with Crippen LogP contribution in [0.5, 0.6) is 0 Å². The lowest BCUT2D eigenvalue weighted by Gasteiger charge is -2.30. The third kappa shape index (κ3) is 32.4. The summed E-state index contributed by atoms with van der Waals surface area (Å²) in [4.78, 5) is 285. The molecule has 640 valence electrons. The van der Waals surface area contributed by atoms with Crippen molar-refractivity contribution in [3.05, 3.63) is 70.8 Å². The number of unbranched alkanes of at least 4 members (excludes halogenated alkanes) is 6. The van der Waals surface area contributed by atoms with E-state index in [4.69, 9.17) is 21.9 Å². The van der Waals surface area contributed by atoms with E-state index in [2.05, 4.69) is 58.5 Å². The second-order valence-corrected chi connectivity index (χ2v) is 27.5. The van der Waals surface area contributed by atoms with Crippen LogP contribution in [-0.2, 0) is 102 Å². The van der Waals surface area contributed by atoms with E-state index in [0.717, 1.165) is 57.6 Å². The number of nitroso groups, excluding NO2 is 1. The number of aliphatic carboxylic acids is 4. The maximum atomic E-state index is 14.8. The number of amides is 14. The minimum absolute atomic E-state index is 0.0843. The molecule has 3 aromatic rings. The number of ketones is 1. The van der Waals surface area contributed by atoms with Crippen LogP contribution in [0.1, 0.15) is 146 Å². The number of cyclic esters (lactones) is 1. The Morgan fingerprint density at radius 2 is 1.11 bits per heavy atom. The van der Waals surface area contributed by atoms with Gasteiger partial charge in [-0.2, -0.15) is 0 Å². The number of fused-ring (bicyclic) bond motifs is 1. The summed E-state index contributed by atoms with van der Waals surface area (Å²) in [7, 11) is 0. The van der Waals surface area contributed by atoms with Crippen LogP contribution in [0.4, 0.5) is 5.69 Å². The molecule has 0 radical (unpaired) electrons. The number of nitrogens with zero attached hydrogens (tertiary/aromatic N) is 2. The van der Waals surface area contributed by atoms with E-state index < -0.39 is 268 Å². The maximum absolute atomic E-state index is 14.8. The monoisotopic (exact) mass is 1650 g/mol. The zero-order valence-electron chi connectivity index (χ0n) is 64.4. The van der Waals surface area contributed by atoms with Crippen molar-refractivity contribution in [1.82, 2.24) is 73.8 Å². The summed E-state index contributed by atoms with van der Waals surface area (Å²) in [6.45, 7) is 1.02. The van der Waals surface area contributed by atoms with Gasteiger partial charge < -0.3 is 117 Å². The van der Waals surface area contributed by atoms with Gasteiger partial charge in [-0.25, -0.2) is 9.47 Å². The fourth-order valence-electron chi connectivity index (χ4n) is 11.9. The number of hydrogen-bond donors (Lipinski definition) is 21. The van der Waals surface area contributed by atoms with Crippen molar-refractivity contribution in [2.75, 3.05) is 32.0 Å². The molecular formula is C72H100N18O27. The zero-order chi connectivity index (χ0) is 87.3. The fourth-order valence-corrected chi connectivity index (χ4v) is 11.9. The minimum atomic E-state index is -2.48. The van der Waals surface area contributed by atoms with Gasteiger partial charge in [0.1, 0.15) is 72.6 Å². The summed E-state index contributed by atoms with van der Waals surface area (Å²) in [5.74, 6) is -30.2. The predicted molar refractivity (Wildman–Crippen MR) is 405 cm³/mol. The highest BCUT2D eigenvalue weighted by atomic mass is 16.5. The van der Waals surface area contributed by atoms with Crippen LogP contribution in [0.15, 0.2) is 60.0 Å². The van der Waals surface area contributed by atoms with E-state index in [9.17, 15) is 126 Å². The summed E-state index contributed by atoms with van der Waals surface area (Å²) in [6.07, 6.45) is -3.30. The number of carbonyl (C=O) groups is 20. The molecule has 4 rings (SSSR count). The smallest absolute Gasteiger partial charge is 0.329 e. The number of aliphatic hydroxyl groups excluding tert-OH is 1. The Kier molecular flexibility index (Phi) is 39.7. The second-order valence-electron chi connectivity index (χ2n) is 27.5. The molecule has 0 spiro atoms. The van der Waals surface area contributed by atoms with Crippen LogP contribution in [0.25, 0.3) is 10.9 Å². The Bertz CT molecular complexity index is 4150. The first-order valence-electron chi connectivity index (χ1n) is 37.1. The number of primary amides is 1. The molecule has 24 N–H and O–H groups in total. The number of carbonyl (C=O) groups excluding carboxylic acids is 16. The van der Waals surface area contributed by atoms with Gasteiger partial charge in [-0.3, -0.25) is 91.1 Å². The molecule has 0 aliphatic carbocycles. The molecule has 1 aliphatic heterocycles. The summed E-state index contributed by atoms with van der Waals surface area (Å²) in [5.41, 5.74) is 17.4. The highest BCUT2D eigenvalue weighted by Crippen LogP contribution is 2.24. The second kappa shape index (κ2) is 48.2. The van der Waals surface area contributed by atoms with Crippen LogP contribution in [-0.4, -0.2) is 247 Å². The van der Waals surface area contributed by atoms with Gasteiger partial charge >= 0.3 is 29.8 Å². The van der Waals surface area contributed by atoms with E-state index >= 15 is 0 Å². The number of rotatable bonds is 36. The molecule has 117 heavy (non-hydrogen) atoms. The van der Waals surface area contributed by atoms with Gasteiger partial charge in [-0.05, 0) is 69.3 Å². The molecule has 2 heterocycles. The van der Waals surface area contributed by atoms with Crippen LogP contribution >= 0.6 is 0 Å². The number of benzene rings is 2. The molecule has 0 saturated carbocycles. The van der Waals surface area contributed by atoms with Gasteiger partial charge in [0.15, 0.2) is 5.78 Å². The highest BCUT2D eigenvalue weighted by molar-refractivity contribution is 6.05. The molecule has 0 bridgehead atoms. The van der Waals surface area contributed by atoms with Crippen LogP contribution in [0.2, 0.25) is 0 Å². The van der Waals surface area contributed by atoms with E-state index in [0.29, 0.717) is 23.7 Å². The predicted octanol–water partition coefficient (Wildman–Crippen LogP) is -5.62. The molecule has 2 unspecified atom stereocenters. The van der Waals surface area contributed by atoms with Gasteiger partial charge in [-0.15, -0.1) is 4.91 Å². The standard InChI is InChI=1S/C72H100N18O27/c1-5-6-7-8-9-10-11-22-53(94)80-43(25-38-33-90(89-116)50-21-15-13-17-39(38)50)66(109)83-44(27-52(75)93)67(110)85-47(30-59(103)104)68(111)88-61-37(4)117-72(115)48(26-51(92)40-18-12-14-19-41(40)74)86-71(114)60(35(2)24-56(97)98)87-69(112)49(34-91)81-55(96)31-76-63(106)45(28-57(99)100)82-62(105)36(3)78-65(108)46(29-58(101)102)84-64(107)42(20-16-23-73)79-54(95)32-77-70(61)113/h12-15,17-19,21,33,35-37,42-49,60-61,91H,5-11,16,20,22-32,34,73-74H2,1-4H3,(H2,75,93)(H,76,106)(H,77,113)(H,78,108)(H,79,95)(H,80,94)(H,81,96)(H,82,105)(H,83,109)(H,84,107)(H,85,110)(H,86,114)(H,87,112)(H,88,111)(H,97,98)(H,99,100)(H,101,102)(H,103,104)/t35-,36+,37?,42-,43-,44-,45-,46-,47-,48-,49-,60-,61?/m0/s1. The summed E-state index contributed by atoms with van der Waals surface area (Å²) in [6, 6.07) is -11.5. The van der Waals surface area contributed by atoms with Gasteiger partial charge in [0, 0.05) is 42.1 Å². The zero-order valence-corrected chi connectivity index (χ0v) is 64.4. The number of para-hydroxylation sites is 2. The van der Waals surface area contributed by atoms with E-state index in [1.165, 1.54) is 36.5 Å². The number of nitrogens with two attached hydrogens (primary N) is 3. The number of nitrogen functional groups attached to an aromatic ring is 1. The number of hydrogen-bond acceptors (Lipinski definition) is 26. The number of ether oxygens (including phenoxy) is 1. The Labute approximate surface area is 667 Å². The SMILES string of the molecule is CCCCCCCCCC(=O)N[C@@H](Cc1cn(N=O)c2ccccc12)C(=O)N[C@@H](CC(N)=O)C(=O)N[C@@H](CC(=O)O)C(=O)NC1C(=O)NCC(=O)N[C@@H](CCCN)C(=O)N[C@@H](CC(=O)O)C(=O)N[C@H](C)C(=O)N[C@@H](CC(=O)O)C(=O)NCC(=O)N[C@@H](CO)C(=O)N[C@@H]([C@@H](C)CC(=O)O)C(=O)N[C@@H](CC(=O)c2ccccc2N)C(=O)OC1C. The maximum Gasteiger partial charge on any atom is 0.329 e. The molecular weight excluding hydrogens is 1550 g/mol. The lowest BCUT2D eigenvalue weighted by Crippen LogP contribution is -2.62. The van der Waals surface area contributed by atoms with Crippen molar-refractivity contribution in [2.24, 2.45) is 22.7 Å². The number of anilines is 1. The molecule has 1 saturated heterocycles. The average Bonchev–Trinajstić information content (AvgIpc) is 1.69. The van der Waals surface area contributed by atoms with E-state index in [1.807, 2.05) is 22.9 Å². The first-order chi connectivity index (χ1) is 55.3. The van der Waals surface area contributed by atoms with Crippen LogP contribution in [0.3, 0.4) is 0 Å². The van der Waals surface area contributed by atoms with Crippen LogP contribution < -0.4 is 86.3 Å². The number of esters is 1. The number of aliphatic hydroxyl groups is 1.